The number of nitrogens with one attached hydrogen (secondary N) is 1. The van der Waals surface area contributed by atoms with Gasteiger partial charge in [0, 0.05) is 56.1 Å². The van der Waals surface area contributed by atoms with Gasteiger partial charge in [0.25, 0.3) is 0 Å². The van der Waals surface area contributed by atoms with Crippen molar-refractivity contribution in [1.29, 1.82) is 5.26 Å². The second-order valence-corrected chi connectivity index (χ2v) is 10.7. The number of piperidine rings is 1. The van der Waals surface area contributed by atoms with Crippen molar-refractivity contribution in [3.05, 3.63) is 71.8 Å². The highest BCUT2D eigenvalue weighted by atomic mass is 16.5. The number of nitrogens with zero attached hydrogens (tertiary/aromatic N) is 8. The molecular formula is C30H31N9O3. The highest BCUT2D eigenvalue weighted by molar-refractivity contribution is 5.83. The number of hydrogen-bond donors (Lipinski definition) is 1. The van der Waals surface area contributed by atoms with Crippen molar-refractivity contribution < 1.29 is 14.2 Å². The van der Waals surface area contributed by atoms with Gasteiger partial charge >= 0.3 is 0 Å². The van der Waals surface area contributed by atoms with Crippen LogP contribution in [0.1, 0.15) is 24.5 Å². The molecule has 8 rings (SSSR count). The second-order valence-electron chi connectivity index (χ2n) is 10.7. The third kappa shape index (κ3) is 4.87. The largest absolute Gasteiger partial charge is 0.492 e. The zero-order valence-corrected chi connectivity index (χ0v) is 23.5. The fraction of sp³-hybridized carbons (Fsp3) is 0.367. The number of nitriles is 1. The normalized spacial score (nSPS) is 21.3. The van der Waals surface area contributed by atoms with Gasteiger partial charge in [0.2, 0.25) is 5.88 Å². The Bertz CT molecular complexity index is 1660. The molecule has 12 nitrogen and oxygen atoms in total. The summed E-state index contributed by atoms with van der Waals surface area (Å²) in [7, 11) is 1.63. The number of piperazine rings is 1. The van der Waals surface area contributed by atoms with Crippen LogP contribution in [0.4, 0.5) is 5.82 Å². The summed E-state index contributed by atoms with van der Waals surface area (Å²) in [5, 5.41) is 17.4. The van der Waals surface area contributed by atoms with E-state index in [4.69, 9.17) is 24.2 Å². The zero-order valence-electron chi connectivity index (χ0n) is 23.5. The minimum absolute atomic E-state index is 0.459. The van der Waals surface area contributed by atoms with E-state index in [9.17, 15) is 5.26 Å². The number of fused-ring (bicyclic) bond motifs is 3. The molecule has 4 fully saturated rings. The number of hydrogen-bond acceptors (Lipinski definition) is 11. The molecule has 0 spiro atoms. The highest BCUT2D eigenvalue weighted by Crippen LogP contribution is 2.36. The molecule has 0 amide bonds. The van der Waals surface area contributed by atoms with E-state index in [-0.39, 0.29) is 0 Å². The Morgan fingerprint density at radius 1 is 1.14 bits per heavy atom. The van der Waals surface area contributed by atoms with Crippen molar-refractivity contribution in [2.75, 3.05) is 44.8 Å². The Balaban J connectivity index is 1.10. The van der Waals surface area contributed by atoms with E-state index < -0.39 is 0 Å². The van der Waals surface area contributed by atoms with Gasteiger partial charge < -0.3 is 24.4 Å². The SMILES string of the molecule is COc1ccc(CN2C3CC2CN(c2cnc(-c4cc(O/C(C)=C5/CNCCO5)cn5ncc(C#N)c45)cn2)C3)cn1. The van der Waals surface area contributed by atoms with Gasteiger partial charge in [-0.2, -0.15) is 10.4 Å². The van der Waals surface area contributed by atoms with Crippen molar-refractivity contribution >= 4 is 11.3 Å². The number of allylic oxidation sites excluding steroid dienone is 1. The molecule has 0 aromatic carbocycles. The van der Waals surface area contributed by atoms with E-state index in [1.165, 1.54) is 12.0 Å². The summed E-state index contributed by atoms with van der Waals surface area (Å²) in [6.45, 7) is 6.57. The molecule has 2 bridgehead atoms. The first kappa shape index (κ1) is 26.2. The first-order valence-electron chi connectivity index (χ1n) is 14.0. The van der Waals surface area contributed by atoms with Crippen LogP contribution in [0, 0.1) is 11.3 Å². The third-order valence-electron chi connectivity index (χ3n) is 8.17. The van der Waals surface area contributed by atoms with Crippen LogP contribution in [0.25, 0.3) is 16.8 Å². The van der Waals surface area contributed by atoms with Gasteiger partial charge in [-0.3, -0.25) is 9.88 Å². The number of ether oxygens (including phenoxy) is 3. The van der Waals surface area contributed by atoms with Gasteiger partial charge in [-0.1, -0.05) is 6.07 Å². The van der Waals surface area contributed by atoms with Crippen molar-refractivity contribution in [3.8, 4) is 29.0 Å². The third-order valence-corrected chi connectivity index (χ3v) is 8.17. The average molecular weight is 566 g/mol. The van der Waals surface area contributed by atoms with Gasteiger partial charge in [0.15, 0.2) is 0 Å². The number of anilines is 1. The molecule has 214 valence electrons. The zero-order chi connectivity index (χ0) is 28.6. The molecule has 0 aliphatic carbocycles. The average Bonchev–Trinajstić information content (AvgIpc) is 3.47. The fourth-order valence-electron chi connectivity index (χ4n) is 5.98. The van der Waals surface area contributed by atoms with Crippen molar-refractivity contribution in [2.45, 2.75) is 32.0 Å². The van der Waals surface area contributed by atoms with Crippen LogP contribution in [0.5, 0.6) is 11.6 Å². The van der Waals surface area contributed by atoms with E-state index in [0.717, 1.165) is 43.3 Å². The highest BCUT2D eigenvalue weighted by Gasteiger charge is 2.44. The molecule has 8 heterocycles. The molecule has 4 aromatic rings. The number of morpholine rings is 1. The van der Waals surface area contributed by atoms with Gasteiger partial charge in [-0.15, -0.1) is 0 Å². The first-order valence-corrected chi connectivity index (χ1v) is 14.0. The smallest absolute Gasteiger partial charge is 0.212 e. The van der Waals surface area contributed by atoms with E-state index in [1.807, 2.05) is 31.5 Å². The Kier molecular flexibility index (Phi) is 6.81. The Hall–Kier alpha value is -4.73. The summed E-state index contributed by atoms with van der Waals surface area (Å²) >= 11 is 0. The van der Waals surface area contributed by atoms with Crippen LogP contribution >= 0.6 is 0 Å². The van der Waals surface area contributed by atoms with Crippen molar-refractivity contribution in [2.24, 2.45) is 0 Å². The molecule has 42 heavy (non-hydrogen) atoms. The monoisotopic (exact) mass is 565 g/mol. The predicted molar refractivity (Wildman–Crippen MR) is 154 cm³/mol. The van der Waals surface area contributed by atoms with Gasteiger partial charge in [-0.05, 0) is 25.0 Å². The molecular weight excluding hydrogens is 534 g/mol. The Labute approximate surface area is 243 Å². The van der Waals surface area contributed by atoms with Gasteiger partial charge in [0.1, 0.15) is 35.8 Å². The van der Waals surface area contributed by atoms with Gasteiger partial charge in [-0.25, -0.2) is 14.5 Å². The predicted octanol–water partition coefficient (Wildman–Crippen LogP) is 2.76. The Morgan fingerprint density at radius 2 is 2.02 bits per heavy atom. The standard InChI is InChI=1S/C30H31N9O3/c1-19(27-13-32-5-6-41-27)42-24-8-25(30-21(9-31)11-36-39(30)18-24)26-12-34-28(14-33-26)37-16-22-7-23(17-37)38(22)15-20-3-4-29(40-2)35-10-20/h3-4,8,10-12,14,18,22-23,32H,5-7,13,15-17H2,1-2H3/b27-19-. The lowest BCUT2D eigenvalue weighted by molar-refractivity contribution is -0.00879. The summed E-state index contributed by atoms with van der Waals surface area (Å²) in [6.07, 6.45) is 9.98. The molecule has 1 N–H and O–H groups in total. The Morgan fingerprint density at radius 3 is 2.71 bits per heavy atom. The molecule has 4 saturated heterocycles. The maximum atomic E-state index is 9.74. The molecule has 4 aliphatic heterocycles. The van der Waals surface area contributed by atoms with Crippen LogP contribution in [0.15, 0.2) is 60.7 Å². The molecule has 12 heteroatoms. The van der Waals surface area contributed by atoms with Gasteiger partial charge in [0.05, 0.1) is 55.2 Å². The number of aromatic nitrogens is 5. The maximum absolute atomic E-state index is 9.74. The van der Waals surface area contributed by atoms with E-state index in [2.05, 4.69) is 37.3 Å². The number of rotatable bonds is 7. The second kappa shape index (κ2) is 10.9. The summed E-state index contributed by atoms with van der Waals surface area (Å²) in [6, 6.07) is 9.04. The minimum Gasteiger partial charge on any atom is -0.492 e. The van der Waals surface area contributed by atoms with Crippen LogP contribution in [-0.4, -0.2) is 81.4 Å². The molecule has 0 saturated carbocycles. The summed E-state index contributed by atoms with van der Waals surface area (Å²) in [4.78, 5) is 18.8. The van der Waals surface area contributed by atoms with Crippen LogP contribution < -0.4 is 19.7 Å². The lowest BCUT2D eigenvalue weighted by Gasteiger charge is -2.56. The maximum Gasteiger partial charge on any atom is 0.212 e. The van der Waals surface area contributed by atoms with Crippen LogP contribution in [-0.2, 0) is 11.3 Å². The van der Waals surface area contributed by atoms with E-state index in [0.29, 0.717) is 59.4 Å². The number of pyridine rings is 2. The quantitative estimate of drug-likeness (QED) is 0.333. The van der Waals surface area contributed by atoms with Crippen molar-refractivity contribution in [1.82, 2.24) is 34.8 Å². The first-order chi connectivity index (χ1) is 20.6. The molecule has 2 unspecified atom stereocenters. The molecule has 4 aliphatic rings. The van der Waals surface area contributed by atoms with Crippen molar-refractivity contribution in [3.63, 3.8) is 0 Å². The lowest BCUT2D eigenvalue weighted by Crippen LogP contribution is -2.68. The van der Waals surface area contributed by atoms with Crippen LogP contribution in [0.2, 0.25) is 0 Å². The molecule has 0 radical (unpaired) electrons. The fourth-order valence-corrected chi connectivity index (χ4v) is 5.98. The van der Waals surface area contributed by atoms with E-state index >= 15 is 0 Å². The lowest BCUT2D eigenvalue weighted by atomic mass is 9.87. The topological polar surface area (TPSA) is 126 Å². The molecule has 2 atom stereocenters. The minimum atomic E-state index is 0.459. The summed E-state index contributed by atoms with van der Waals surface area (Å²) in [5.74, 6) is 3.48. The summed E-state index contributed by atoms with van der Waals surface area (Å²) < 4.78 is 18.8. The number of methoxy groups -OCH3 is 1. The molecule has 4 aromatic heterocycles. The summed E-state index contributed by atoms with van der Waals surface area (Å²) in [5.41, 5.74) is 3.67. The van der Waals surface area contributed by atoms with E-state index in [1.54, 1.807) is 30.2 Å². The van der Waals surface area contributed by atoms with Crippen LogP contribution in [0.3, 0.4) is 0 Å².